The van der Waals surface area contributed by atoms with Gasteiger partial charge in [0, 0.05) is 17.3 Å². The van der Waals surface area contributed by atoms with Gasteiger partial charge in [-0.25, -0.2) is 0 Å². The lowest BCUT2D eigenvalue weighted by molar-refractivity contribution is 0.362. The standard InChI is InChI=1S/C28H18N4O9/c1-41-14-8-13(33)16-17(21(14)34)23(36)19-18(22(16)35)25(38)28(26(19)39)3-2-10-6-11-7-12(9-31-30-5-4-29)32-27(40)15(11)24(37)20(10)28/h6-8,37-39H,2-3,5,9H2,1H3,(H,32,40). The zero-order chi connectivity index (χ0) is 29.4. The third-order valence-corrected chi connectivity index (χ3v) is 7.79. The molecule has 1 atom stereocenters. The van der Waals surface area contributed by atoms with Crippen LogP contribution in [0.2, 0.25) is 0 Å². The molecule has 6 rings (SSSR count). The molecule has 4 aliphatic carbocycles. The summed E-state index contributed by atoms with van der Waals surface area (Å²) in [4.78, 5) is 68.3. The van der Waals surface area contributed by atoms with Crippen molar-refractivity contribution in [3.8, 4) is 17.6 Å². The number of nitrogens with one attached hydrogen (secondary N) is 1. The molecule has 4 aliphatic rings. The lowest BCUT2D eigenvalue weighted by Gasteiger charge is -2.27. The third kappa shape index (κ3) is 3.18. The van der Waals surface area contributed by atoms with Crippen molar-refractivity contribution in [1.29, 1.82) is 5.26 Å². The van der Waals surface area contributed by atoms with Gasteiger partial charge in [-0.15, -0.1) is 0 Å². The SMILES string of the molecule is COc1cc(=O)c2c(=O)c3c(c(=O)c=2c1=O)=C(O)C1(CCc2cc4cc(CN=NCC#N)[nH]c(=O)c4c(O)c21)C=3O. The summed E-state index contributed by atoms with van der Waals surface area (Å²) in [5, 5.41) is 47.7. The van der Waals surface area contributed by atoms with Crippen LogP contribution in [0.25, 0.3) is 22.3 Å². The fourth-order valence-electron chi connectivity index (χ4n) is 6.10. The fraction of sp³-hybridized carbons (Fsp3) is 0.214. The highest BCUT2D eigenvalue weighted by molar-refractivity contribution is 5.94. The van der Waals surface area contributed by atoms with Crippen LogP contribution in [0.1, 0.15) is 23.2 Å². The molecule has 0 radical (unpaired) electrons. The maximum atomic E-state index is 13.5. The van der Waals surface area contributed by atoms with Gasteiger partial charge in [-0.1, -0.05) is 6.07 Å². The Kier molecular flexibility index (Phi) is 5.43. The number of aliphatic hydroxyl groups excluding tert-OH is 2. The summed E-state index contributed by atoms with van der Waals surface area (Å²) in [6, 6.07) is 5.72. The number of H-pyrrole nitrogens is 1. The minimum Gasteiger partial charge on any atom is -0.510 e. The number of aromatic amines is 1. The topological polar surface area (TPSA) is 220 Å². The number of methoxy groups -OCH3 is 1. The monoisotopic (exact) mass is 554 g/mol. The number of rotatable bonds is 4. The molecule has 41 heavy (non-hydrogen) atoms. The Morgan fingerprint density at radius 2 is 1.63 bits per heavy atom. The van der Waals surface area contributed by atoms with E-state index in [1.807, 2.05) is 6.07 Å². The summed E-state index contributed by atoms with van der Waals surface area (Å²) in [5.74, 6) is -2.58. The summed E-state index contributed by atoms with van der Waals surface area (Å²) in [6.07, 6.45) is 0.0546. The smallest absolute Gasteiger partial charge is 0.259 e. The van der Waals surface area contributed by atoms with E-state index in [1.54, 1.807) is 12.1 Å². The molecule has 0 fully saturated rings. The van der Waals surface area contributed by atoms with Gasteiger partial charge in [0.25, 0.3) is 5.56 Å². The molecule has 0 aliphatic heterocycles. The van der Waals surface area contributed by atoms with E-state index in [1.165, 1.54) is 0 Å². The van der Waals surface area contributed by atoms with Gasteiger partial charge < -0.3 is 25.0 Å². The fourth-order valence-corrected chi connectivity index (χ4v) is 6.10. The Morgan fingerprint density at radius 1 is 0.951 bits per heavy atom. The molecule has 0 amide bonds. The second-order valence-electron chi connectivity index (χ2n) is 9.77. The molecule has 0 bridgehead atoms. The van der Waals surface area contributed by atoms with Crippen LogP contribution in [-0.2, 0) is 18.4 Å². The number of hydrogen-bond donors (Lipinski definition) is 4. The van der Waals surface area contributed by atoms with Crippen LogP contribution in [0.3, 0.4) is 0 Å². The van der Waals surface area contributed by atoms with Crippen molar-refractivity contribution in [3.05, 3.63) is 107 Å². The van der Waals surface area contributed by atoms with Gasteiger partial charge in [0.15, 0.2) is 11.2 Å². The normalized spacial score (nSPS) is 17.6. The number of phenolic OH excluding ortho intramolecular Hbond substituents is 1. The summed E-state index contributed by atoms with van der Waals surface area (Å²) < 4.78 is 4.88. The maximum Gasteiger partial charge on any atom is 0.259 e. The lowest BCUT2D eigenvalue weighted by Crippen LogP contribution is -2.51. The van der Waals surface area contributed by atoms with E-state index in [0.29, 0.717) is 16.6 Å². The molecule has 1 heterocycles. The van der Waals surface area contributed by atoms with Gasteiger partial charge in [-0.05, 0) is 29.9 Å². The first-order chi connectivity index (χ1) is 19.6. The van der Waals surface area contributed by atoms with E-state index in [0.717, 1.165) is 13.2 Å². The minimum absolute atomic E-state index is 0.0343. The summed E-state index contributed by atoms with van der Waals surface area (Å²) in [7, 11) is 1.11. The molecule has 13 nitrogen and oxygen atoms in total. The molecule has 4 N–H and O–H groups in total. The third-order valence-electron chi connectivity index (χ3n) is 7.79. The summed E-state index contributed by atoms with van der Waals surface area (Å²) >= 11 is 0. The molecule has 2 aromatic rings. The molecule has 0 saturated heterocycles. The first-order valence-electron chi connectivity index (χ1n) is 12.3. The predicted octanol–water partition coefficient (Wildman–Crippen LogP) is -1.01. The molecule has 1 aromatic carbocycles. The number of phenols is 1. The van der Waals surface area contributed by atoms with Crippen molar-refractivity contribution in [1.82, 2.24) is 4.98 Å². The van der Waals surface area contributed by atoms with Crippen molar-refractivity contribution in [2.24, 2.45) is 10.2 Å². The quantitative estimate of drug-likeness (QED) is 0.178. The second-order valence-corrected chi connectivity index (χ2v) is 9.77. The van der Waals surface area contributed by atoms with Crippen LogP contribution in [0.15, 0.2) is 52.4 Å². The Labute approximate surface area is 226 Å². The largest absolute Gasteiger partial charge is 0.510 e. The van der Waals surface area contributed by atoms with E-state index >= 15 is 0 Å². The highest BCUT2D eigenvalue weighted by Crippen LogP contribution is 2.54. The summed E-state index contributed by atoms with van der Waals surface area (Å²) in [6.45, 7) is -0.185. The number of aromatic nitrogens is 1. The Balaban J connectivity index is 1.69. The highest BCUT2D eigenvalue weighted by Gasteiger charge is 2.53. The number of pyridine rings is 1. The molecule has 204 valence electrons. The van der Waals surface area contributed by atoms with Crippen molar-refractivity contribution < 1.29 is 20.1 Å². The van der Waals surface area contributed by atoms with Crippen LogP contribution >= 0.6 is 0 Å². The highest BCUT2D eigenvalue weighted by atomic mass is 16.5. The number of aromatic hydroxyl groups is 1. The molecule has 1 unspecified atom stereocenters. The Hall–Kier alpha value is -5.64. The number of hydrogen-bond acceptors (Lipinski definition) is 12. The van der Waals surface area contributed by atoms with Gasteiger partial charge in [0.1, 0.15) is 29.2 Å². The van der Waals surface area contributed by atoms with Gasteiger partial charge >= 0.3 is 0 Å². The zero-order valence-electron chi connectivity index (χ0n) is 21.2. The van der Waals surface area contributed by atoms with Crippen molar-refractivity contribution >= 4 is 22.3 Å². The van der Waals surface area contributed by atoms with Crippen molar-refractivity contribution in [2.45, 2.75) is 24.8 Å². The predicted molar refractivity (Wildman–Crippen MR) is 142 cm³/mol. The van der Waals surface area contributed by atoms with Crippen LogP contribution in [-0.4, -0.2) is 34.0 Å². The number of aliphatic hydroxyl groups is 2. The van der Waals surface area contributed by atoms with Crippen molar-refractivity contribution in [2.75, 3.05) is 13.7 Å². The van der Waals surface area contributed by atoms with Crippen LogP contribution in [0, 0.1) is 21.8 Å². The number of fused-ring (bicyclic) bond motifs is 4. The number of azo groups is 1. The van der Waals surface area contributed by atoms with Crippen molar-refractivity contribution in [3.63, 3.8) is 0 Å². The van der Waals surface area contributed by atoms with Gasteiger partial charge in [0.05, 0.1) is 46.0 Å². The zero-order valence-corrected chi connectivity index (χ0v) is 21.2. The van der Waals surface area contributed by atoms with Crippen LogP contribution in [0.4, 0.5) is 0 Å². The lowest BCUT2D eigenvalue weighted by atomic mass is 9.78. The summed E-state index contributed by atoms with van der Waals surface area (Å²) in [5.41, 5.74) is -6.25. The average Bonchev–Trinajstić information content (AvgIpc) is 3.43. The molecular formula is C28H18N4O9. The number of nitriles is 1. The van der Waals surface area contributed by atoms with Crippen LogP contribution in [0.5, 0.6) is 11.5 Å². The molecule has 0 saturated carbocycles. The van der Waals surface area contributed by atoms with Crippen LogP contribution < -0.4 is 42.4 Å². The number of aryl methyl sites for hydroxylation is 1. The number of ether oxygens (including phenoxy) is 1. The number of nitrogens with zero attached hydrogens (tertiary/aromatic N) is 3. The first-order valence-corrected chi connectivity index (χ1v) is 12.3. The molecule has 1 spiro atoms. The van der Waals surface area contributed by atoms with Gasteiger partial charge in [-0.3, -0.25) is 24.0 Å². The van der Waals surface area contributed by atoms with E-state index in [4.69, 9.17) is 10.00 Å². The Morgan fingerprint density at radius 3 is 2.29 bits per heavy atom. The van der Waals surface area contributed by atoms with E-state index < -0.39 is 76.6 Å². The van der Waals surface area contributed by atoms with E-state index in [-0.39, 0.29) is 36.9 Å². The minimum atomic E-state index is -1.97. The second kappa shape index (κ2) is 8.68. The molecular weight excluding hydrogens is 536 g/mol. The molecule has 1 aromatic heterocycles. The average molecular weight is 554 g/mol. The number of benzene rings is 1. The molecule has 13 heteroatoms. The van der Waals surface area contributed by atoms with Gasteiger partial charge in [0.2, 0.25) is 16.3 Å². The first kappa shape index (κ1) is 25.6. The maximum absolute atomic E-state index is 13.5. The Bertz CT molecular complexity index is 2420. The van der Waals surface area contributed by atoms with E-state index in [2.05, 4.69) is 15.2 Å². The van der Waals surface area contributed by atoms with Gasteiger partial charge in [-0.2, -0.15) is 15.5 Å². The van der Waals surface area contributed by atoms with E-state index in [9.17, 15) is 39.3 Å².